The number of carbonyl (C=O) groups is 1. The van der Waals surface area contributed by atoms with E-state index in [1.54, 1.807) is 4.52 Å². The number of anilines is 1. The zero-order valence-electron chi connectivity index (χ0n) is 17.7. The number of aliphatic hydroxyl groups excluding tert-OH is 1. The summed E-state index contributed by atoms with van der Waals surface area (Å²) in [6, 6.07) is 0.983. The van der Waals surface area contributed by atoms with Crippen molar-refractivity contribution < 1.29 is 28.2 Å². The zero-order valence-corrected chi connectivity index (χ0v) is 17.7. The van der Waals surface area contributed by atoms with Crippen molar-refractivity contribution in [3.8, 4) is 11.1 Å². The molecule has 0 spiro atoms. The molecule has 4 rings (SSSR count). The second-order valence-corrected chi connectivity index (χ2v) is 8.33. The Kier molecular flexibility index (Phi) is 6.19. The Balaban J connectivity index is 1.73. The van der Waals surface area contributed by atoms with E-state index in [0.29, 0.717) is 29.5 Å². The molecule has 1 aliphatic carbocycles. The number of aliphatic hydroxyl groups is 1. The van der Waals surface area contributed by atoms with Crippen molar-refractivity contribution in [2.45, 2.75) is 63.3 Å². The molecule has 0 amide bonds. The van der Waals surface area contributed by atoms with Crippen LogP contribution in [0.25, 0.3) is 16.6 Å². The molecule has 0 aromatic carbocycles. The van der Waals surface area contributed by atoms with Gasteiger partial charge in [0, 0.05) is 41.2 Å². The number of nitrogens with one attached hydrogen (secondary N) is 1. The number of carboxylic acids is 1. The summed E-state index contributed by atoms with van der Waals surface area (Å²) < 4.78 is 39.8. The van der Waals surface area contributed by atoms with Gasteiger partial charge in [-0.15, -0.1) is 5.10 Å². The normalized spacial score (nSPS) is 20.0. The first-order valence-corrected chi connectivity index (χ1v) is 10.6. The maximum Gasteiger partial charge on any atom is 0.391 e. The van der Waals surface area contributed by atoms with Gasteiger partial charge >= 0.3 is 12.1 Å². The van der Waals surface area contributed by atoms with Crippen molar-refractivity contribution >= 4 is 17.4 Å². The first kappa shape index (κ1) is 22.9. The molecule has 12 heteroatoms. The smallest absolute Gasteiger partial charge is 0.391 e. The molecule has 0 saturated heterocycles. The van der Waals surface area contributed by atoms with Crippen LogP contribution in [-0.2, 0) is 0 Å². The van der Waals surface area contributed by atoms with Crippen LogP contribution in [0.3, 0.4) is 0 Å². The number of carboxylic acid groups (broad SMARTS) is 1. The molecule has 1 fully saturated rings. The molecule has 33 heavy (non-hydrogen) atoms. The van der Waals surface area contributed by atoms with E-state index < -0.39 is 24.6 Å². The summed E-state index contributed by atoms with van der Waals surface area (Å²) in [7, 11) is 0. The molecule has 176 valence electrons. The number of rotatable bonds is 6. The Labute approximate surface area is 186 Å². The highest BCUT2D eigenvalue weighted by Gasteiger charge is 2.30. The highest BCUT2D eigenvalue weighted by Crippen LogP contribution is 2.37. The summed E-state index contributed by atoms with van der Waals surface area (Å²) in [5, 5.41) is 26.1. The second kappa shape index (κ2) is 8.93. The molecule has 3 aromatic heterocycles. The summed E-state index contributed by atoms with van der Waals surface area (Å²) in [4.78, 5) is 23.0. The zero-order chi connectivity index (χ0) is 23.8. The molecule has 0 radical (unpaired) electrons. The number of aromatic nitrogens is 5. The Morgan fingerprint density at radius 2 is 1.85 bits per heavy atom. The minimum absolute atomic E-state index is 0.0657. The first-order chi connectivity index (χ1) is 15.6. The average molecular weight is 464 g/mol. The topological polar surface area (TPSA) is 126 Å². The average Bonchev–Trinajstić information content (AvgIpc) is 3.12. The third-order valence-electron chi connectivity index (χ3n) is 5.73. The predicted octanol–water partition coefficient (Wildman–Crippen LogP) is 3.66. The number of aromatic carboxylic acids is 1. The van der Waals surface area contributed by atoms with Crippen LogP contribution in [0.5, 0.6) is 0 Å². The maximum atomic E-state index is 12.7. The van der Waals surface area contributed by atoms with Gasteiger partial charge in [0.25, 0.3) is 0 Å². The molecule has 3 heterocycles. The van der Waals surface area contributed by atoms with Crippen LogP contribution < -0.4 is 5.32 Å². The highest BCUT2D eigenvalue weighted by molar-refractivity contribution is 5.84. The van der Waals surface area contributed by atoms with E-state index in [4.69, 9.17) is 5.11 Å². The highest BCUT2D eigenvalue weighted by atomic mass is 19.4. The molecule has 0 bridgehead atoms. The van der Waals surface area contributed by atoms with Crippen molar-refractivity contribution in [1.82, 2.24) is 24.6 Å². The van der Waals surface area contributed by atoms with Crippen LogP contribution in [-0.4, -0.2) is 59.1 Å². The third kappa shape index (κ3) is 5.21. The molecule has 0 unspecified atom stereocenters. The Morgan fingerprint density at radius 3 is 2.45 bits per heavy atom. The molecule has 3 N–H and O–H groups in total. The summed E-state index contributed by atoms with van der Waals surface area (Å²) in [5.74, 6) is -1.41. The van der Waals surface area contributed by atoms with Gasteiger partial charge in [-0.25, -0.2) is 24.3 Å². The molecule has 1 aliphatic rings. The molecular weight excluding hydrogens is 441 g/mol. The van der Waals surface area contributed by atoms with Crippen LogP contribution in [0.1, 0.15) is 61.3 Å². The van der Waals surface area contributed by atoms with E-state index in [9.17, 15) is 23.1 Å². The molecule has 1 atom stereocenters. The largest absolute Gasteiger partial charge is 0.475 e. The number of hydrogen-bond acceptors (Lipinski definition) is 7. The lowest BCUT2D eigenvalue weighted by atomic mass is 9.85. The fourth-order valence-electron chi connectivity index (χ4n) is 4.17. The number of hydrogen-bond donors (Lipinski definition) is 3. The van der Waals surface area contributed by atoms with Crippen molar-refractivity contribution in [3.63, 3.8) is 0 Å². The summed E-state index contributed by atoms with van der Waals surface area (Å²) in [6.07, 6.45) is 1.38. The van der Waals surface area contributed by atoms with Crippen molar-refractivity contribution in [2.24, 2.45) is 0 Å². The molecule has 9 nitrogen and oxygen atoms in total. The van der Waals surface area contributed by atoms with E-state index >= 15 is 0 Å². The van der Waals surface area contributed by atoms with Gasteiger partial charge in [-0.3, -0.25) is 0 Å². The van der Waals surface area contributed by atoms with Crippen molar-refractivity contribution in [1.29, 1.82) is 0 Å². The van der Waals surface area contributed by atoms with E-state index in [1.165, 1.54) is 25.5 Å². The van der Waals surface area contributed by atoms with Crippen LogP contribution in [0.15, 0.2) is 24.7 Å². The van der Waals surface area contributed by atoms with Crippen LogP contribution in [0, 0.1) is 0 Å². The number of fused-ring (bicyclic) bond motifs is 1. The van der Waals surface area contributed by atoms with E-state index in [-0.39, 0.29) is 23.8 Å². The van der Waals surface area contributed by atoms with Gasteiger partial charge in [0.1, 0.15) is 0 Å². The lowest BCUT2D eigenvalue weighted by molar-refractivity contribution is -0.136. The van der Waals surface area contributed by atoms with Gasteiger partial charge in [0.05, 0.1) is 24.2 Å². The van der Waals surface area contributed by atoms with E-state index in [2.05, 4.69) is 25.4 Å². The SMILES string of the molecule is C[C@@H](CC(F)(F)F)Nc1ncc2c(-c3cnc(C(=O)O)nc3)cc([C@H]3CC[C@H](O)CC3)n2n1. The van der Waals surface area contributed by atoms with Gasteiger partial charge in [0.2, 0.25) is 11.8 Å². The van der Waals surface area contributed by atoms with Gasteiger partial charge in [-0.05, 0) is 38.7 Å². The fourth-order valence-corrected chi connectivity index (χ4v) is 4.17. The van der Waals surface area contributed by atoms with Gasteiger partial charge in [0.15, 0.2) is 0 Å². The van der Waals surface area contributed by atoms with Crippen molar-refractivity contribution in [3.05, 3.63) is 36.2 Å². The number of nitrogens with zero attached hydrogens (tertiary/aromatic N) is 5. The fraction of sp³-hybridized carbons (Fsp3) is 0.476. The lowest BCUT2D eigenvalue weighted by Crippen LogP contribution is -2.25. The lowest BCUT2D eigenvalue weighted by Gasteiger charge is -2.25. The van der Waals surface area contributed by atoms with Gasteiger partial charge < -0.3 is 15.5 Å². The number of alkyl halides is 3. The predicted molar refractivity (Wildman–Crippen MR) is 112 cm³/mol. The Hall–Kier alpha value is -3.28. The molecule has 3 aromatic rings. The minimum Gasteiger partial charge on any atom is -0.475 e. The molecule has 0 aliphatic heterocycles. The van der Waals surface area contributed by atoms with Crippen LogP contribution >= 0.6 is 0 Å². The van der Waals surface area contributed by atoms with Crippen LogP contribution in [0.4, 0.5) is 19.1 Å². The Bertz CT molecular complexity index is 1140. The van der Waals surface area contributed by atoms with Gasteiger partial charge in [-0.2, -0.15) is 13.2 Å². The standard InChI is InChI=1S/C21H23F3N6O3/c1-11(7-21(22,23)24)28-20-27-10-17-15(13-8-25-18(19(32)33)26-9-13)6-16(30(17)29-20)12-2-4-14(31)5-3-12/h6,8-12,14,31H,2-5,7H2,1H3,(H,28,29)(H,32,33)/t11-,12-,14-/m0/s1. The molecular formula is C21H23F3N6O3. The van der Waals surface area contributed by atoms with Crippen molar-refractivity contribution in [2.75, 3.05) is 5.32 Å². The first-order valence-electron chi connectivity index (χ1n) is 10.6. The summed E-state index contributed by atoms with van der Waals surface area (Å²) in [6.45, 7) is 1.41. The quantitative estimate of drug-likeness (QED) is 0.505. The maximum absolute atomic E-state index is 12.7. The number of halogens is 3. The van der Waals surface area contributed by atoms with Crippen LogP contribution in [0.2, 0.25) is 0 Å². The third-order valence-corrected chi connectivity index (χ3v) is 5.73. The summed E-state index contributed by atoms with van der Waals surface area (Å²) in [5.41, 5.74) is 2.68. The minimum atomic E-state index is -4.31. The second-order valence-electron chi connectivity index (χ2n) is 8.33. The monoisotopic (exact) mass is 464 g/mol. The van der Waals surface area contributed by atoms with E-state index in [0.717, 1.165) is 18.5 Å². The van der Waals surface area contributed by atoms with Gasteiger partial charge in [-0.1, -0.05) is 0 Å². The molecule has 1 saturated carbocycles. The van der Waals surface area contributed by atoms with E-state index in [1.807, 2.05) is 6.07 Å². The Morgan fingerprint density at radius 1 is 1.18 bits per heavy atom. The summed E-state index contributed by atoms with van der Waals surface area (Å²) >= 11 is 0.